The Morgan fingerprint density at radius 2 is 1.89 bits per heavy atom. The summed E-state index contributed by atoms with van der Waals surface area (Å²) in [6.45, 7) is 3.51. The number of carbonyl (C=O) groups is 2. The second-order valence-corrected chi connectivity index (χ2v) is 8.50. The molecule has 8 heteroatoms. The van der Waals surface area contributed by atoms with Crippen LogP contribution in [0.3, 0.4) is 0 Å². The maximum Gasteiger partial charge on any atom is 0.265 e. The molecule has 1 atom stereocenters. The van der Waals surface area contributed by atoms with E-state index in [-0.39, 0.29) is 23.0 Å². The number of fused-ring (bicyclic) bond motifs is 1. The molecule has 2 N–H and O–H groups in total. The first-order valence-electron chi connectivity index (χ1n) is 8.45. The van der Waals surface area contributed by atoms with Crippen LogP contribution in [0.4, 0.5) is 11.4 Å². The number of ether oxygens (including phenoxy) is 1. The third-order valence-electron chi connectivity index (χ3n) is 4.17. The van der Waals surface area contributed by atoms with Gasteiger partial charge in [0, 0.05) is 12.1 Å². The Morgan fingerprint density at radius 1 is 1.19 bits per heavy atom. The SMILES string of the molecule is Cc1ccc(S(=O)(=O)CCC(=O)Nc2ccc3c(c2)NC(=O)[C@H](C)O3)cc1. The Hall–Kier alpha value is -2.87. The van der Waals surface area contributed by atoms with E-state index in [1.165, 1.54) is 12.1 Å². The minimum Gasteiger partial charge on any atom is -0.479 e. The molecule has 1 aliphatic rings. The van der Waals surface area contributed by atoms with Crippen molar-refractivity contribution in [3.8, 4) is 5.75 Å². The number of benzene rings is 2. The minimum absolute atomic E-state index is 0.173. The lowest BCUT2D eigenvalue weighted by atomic mass is 10.2. The fraction of sp³-hybridized carbons (Fsp3) is 0.263. The highest BCUT2D eigenvalue weighted by Gasteiger charge is 2.24. The van der Waals surface area contributed by atoms with Gasteiger partial charge in [0.2, 0.25) is 5.91 Å². The molecule has 0 spiro atoms. The highest BCUT2D eigenvalue weighted by molar-refractivity contribution is 7.91. The van der Waals surface area contributed by atoms with Crippen molar-refractivity contribution in [1.29, 1.82) is 0 Å². The Morgan fingerprint density at radius 3 is 2.59 bits per heavy atom. The number of nitrogens with one attached hydrogen (secondary N) is 2. The number of sulfone groups is 1. The largest absolute Gasteiger partial charge is 0.479 e. The van der Waals surface area contributed by atoms with Crippen molar-refractivity contribution in [2.24, 2.45) is 0 Å². The topological polar surface area (TPSA) is 102 Å². The van der Waals surface area contributed by atoms with Crippen molar-refractivity contribution in [3.05, 3.63) is 48.0 Å². The lowest BCUT2D eigenvalue weighted by Crippen LogP contribution is -2.34. The fourth-order valence-corrected chi connectivity index (χ4v) is 3.84. The van der Waals surface area contributed by atoms with Gasteiger partial charge in [-0.2, -0.15) is 0 Å². The maximum atomic E-state index is 12.3. The zero-order valence-electron chi connectivity index (χ0n) is 15.0. The van der Waals surface area contributed by atoms with Gasteiger partial charge in [-0.25, -0.2) is 8.42 Å². The van der Waals surface area contributed by atoms with Gasteiger partial charge in [-0.15, -0.1) is 0 Å². The summed E-state index contributed by atoms with van der Waals surface area (Å²) in [4.78, 5) is 24.0. The van der Waals surface area contributed by atoms with Crippen LogP contribution in [0, 0.1) is 6.92 Å². The summed E-state index contributed by atoms with van der Waals surface area (Å²) in [5.74, 6) is -0.469. The molecule has 7 nitrogen and oxygen atoms in total. The van der Waals surface area contributed by atoms with Gasteiger partial charge in [-0.3, -0.25) is 9.59 Å². The summed E-state index contributed by atoms with van der Waals surface area (Å²) < 4.78 is 30.1. The van der Waals surface area contributed by atoms with Gasteiger partial charge in [0.15, 0.2) is 15.9 Å². The van der Waals surface area contributed by atoms with Gasteiger partial charge >= 0.3 is 0 Å². The molecular weight excluding hydrogens is 368 g/mol. The zero-order chi connectivity index (χ0) is 19.6. The van der Waals surface area contributed by atoms with Crippen LogP contribution in [0.25, 0.3) is 0 Å². The highest BCUT2D eigenvalue weighted by Crippen LogP contribution is 2.32. The Bertz CT molecular complexity index is 984. The Labute approximate surface area is 157 Å². The molecule has 142 valence electrons. The fourth-order valence-electron chi connectivity index (χ4n) is 2.60. The first-order valence-corrected chi connectivity index (χ1v) is 10.1. The van der Waals surface area contributed by atoms with Crippen LogP contribution in [0.5, 0.6) is 5.75 Å². The van der Waals surface area contributed by atoms with E-state index >= 15 is 0 Å². The molecule has 2 aromatic rings. The molecule has 0 radical (unpaired) electrons. The molecular formula is C19H20N2O5S. The number of amides is 2. The van der Waals surface area contributed by atoms with Crippen LogP contribution in [-0.2, 0) is 19.4 Å². The third kappa shape index (κ3) is 4.46. The van der Waals surface area contributed by atoms with E-state index in [2.05, 4.69) is 10.6 Å². The lowest BCUT2D eigenvalue weighted by molar-refractivity contribution is -0.122. The van der Waals surface area contributed by atoms with Gasteiger partial charge in [0.05, 0.1) is 16.3 Å². The van der Waals surface area contributed by atoms with Crippen LogP contribution >= 0.6 is 0 Å². The average molecular weight is 388 g/mol. The van der Waals surface area contributed by atoms with E-state index < -0.39 is 21.8 Å². The predicted octanol–water partition coefficient (Wildman–Crippen LogP) is 2.52. The van der Waals surface area contributed by atoms with E-state index in [1.807, 2.05) is 6.92 Å². The molecule has 2 amide bonds. The van der Waals surface area contributed by atoms with Crippen LogP contribution in [0.15, 0.2) is 47.4 Å². The van der Waals surface area contributed by atoms with Gasteiger partial charge in [0.1, 0.15) is 5.75 Å². The lowest BCUT2D eigenvalue weighted by Gasteiger charge is -2.23. The number of carbonyl (C=O) groups excluding carboxylic acids is 2. The van der Waals surface area contributed by atoms with E-state index in [9.17, 15) is 18.0 Å². The summed E-state index contributed by atoms with van der Waals surface area (Å²) in [7, 11) is -3.53. The molecule has 0 aliphatic carbocycles. The molecule has 1 aliphatic heterocycles. The summed E-state index contributed by atoms with van der Waals surface area (Å²) in [5, 5.41) is 5.34. The molecule has 0 saturated heterocycles. The maximum absolute atomic E-state index is 12.3. The van der Waals surface area contributed by atoms with Crippen molar-refractivity contribution in [2.45, 2.75) is 31.3 Å². The summed E-state index contributed by atoms with van der Waals surface area (Å²) in [6.07, 6.45) is -0.752. The van der Waals surface area contributed by atoms with Crippen LogP contribution in [-0.4, -0.2) is 32.1 Å². The van der Waals surface area contributed by atoms with Gasteiger partial charge < -0.3 is 15.4 Å². The van der Waals surface area contributed by atoms with Gasteiger partial charge in [-0.05, 0) is 44.2 Å². The quantitative estimate of drug-likeness (QED) is 0.820. The van der Waals surface area contributed by atoms with E-state index in [0.29, 0.717) is 17.1 Å². The van der Waals surface area contributed by atoms with E-state index in [0.717, 1.165) is 5.56 Å². The van der Waals surface area contributed by atoms with E-state index in [4.69, 9.17) is 4.74 Å². The number of anilines is 2. The predicted molar refractivity (Wildman–Crippen MR) is 102 cm³/mol. The van der Waals surface area contributed by atoms with E-state index in [1.54, 1.807) is 37.3 Å². The standard InChI is InChI=1S/C19H20N2O5S/c1-12-3-6-15(7-4-12)27(24,25)10-9-18(22)20-14-5-8-17-16(11-14)21-19(23)13(2)26-17/h3-8,11,13H,9-10H2,1-2H3,(H,20,22)(H,21,23)/t13-/m0/s1. The Balaban J connectivity index is 1.62. The zero-order valence-corrected chi connectivity index (χ0v) is 15.8. The molecule has 0 unspecified atom stereocenters. The molecule has 0 aromatic heterocycles. The molecule has 2 aromatic carbocycles. The second-order valence-electron chi connectivity index (χ2n) is 6.39. The van der Waals surface area contributed by atoms with Crippen LogP contribution in [0.1, 0.15) is 18.9 Å². The molecule has 0 fully saturated rings. The molecule has 0 bridgehead atoms. The van der Waals surface area contributed by atoms with Crippen molar-refractivity contribution < 1.29 is 22.7 Å². The number of hydrogen-bond acceptors (Lipinski definition) is 5. The summed E-state index contributed by atoms with van der Waals surface area (Å²) in [6, 6.07) is 11.4. The van der Waals surface area contributed by atoms with Crippen molar-refractivity contribution in [3.63, 3.8) is 0 Å². The first-order chi connectivity index (χ1) is 12.7. The van der Waals surface area contributed by atoms with Crippen molar-refractivity contribution in [1.82, 2.24) is 0 Å². The smallest absolute Gasteiger partial charge is 0.265 e. The summed E-state index contributed by atoms with van der Waals surface area (Å²) >= 11 is 0. The molecule has 1 heterocycles. The van der Waals surface area contributed by atoms with Crippen molar-refractivity contribution in [2.75, 3.05) is 16.4 Å². The highest BCUT2D eigenvalue weighted by atomic mass is 32.2. The first kappa shape index (κ1) is 18.9. The minimum atomic E-state index is -3.53. The van der Waals surface area contributed by atoms with Crippen molar-refractivity contribution >= 4 is 33.0 Å². The Kier molecular flexibility index (Phi) is 5.18. The average Bonchev–Trinajstić information content (AvgIpc) is 2.62. The third-order valence-corrected chi connectivity index (χ3v) is 5.90. The molecule has 27 heavy (non-hydrogen) atoms. The monoisotopic (exact) mass is 388 g/mol. The van der Waals surface area contributed by atoms with Gasteiger partial charge in [-0.1, -0.05) is 17.7 Å². The summed E-state index contributed by atoms with van der Waals surface area (Å²) in [5.41, 5.74) is 1.87. The van der Waals surface area contributed by atoms with Crippen LogP contribution < -0.4 is 15.4 Å². The normalized spacial score (nSPS) is 16.1. The second kappa shape index (κ2) is 7.40. The van der Waals surface area contributed by atoms with Crippen LogP contribution in [0.2, 0.25) is 0 Å². The molecule has 0 saturated carbocycles. The van der Waals surface area contributed by atoms with Gasteiger partial charge in [0.25, 0.3) is 5.91 Å². The number of rotatable bonds is 5. The number of aryl methyl sites for hydroxylation is 1. The number of hydrogen-bond donors (Lipinski definition) is 2. The molecule has 3 rings (SSSR count).